The Labute approximate surface area is 124 Å². The first kappa shape index (κ1) is 14.7. The van der Waals surface area contributed by atoms with Gasteiger partial charge in [0.2, 0.25) is 5.91 Å². The maximum absolute atomic E-state index is 12.0. The Bertz CT molecular complexity index is 430. The largest absolute Gasteiger partial charge is 0.342 e. The van der Waals surface area contributed by atoms with Gasteiger partial charge in [0.25, 0.3) is 0 Å². The van der Waals surface area contributed by atoms with Gasteiger partial charge in [-0.25, -0.2) is 0 Å². The topological polar surface area (TPSA) is 20.3 Å². The summed E-state index contributed by atoms with van der Waals surface area (Å²) in [5.74, 6) is 2.37. The fraction of sp³-hybridized carbons (Fsp3) is 0.533. The van der Waals surface area contributed by atoms with Crippen LogP contribution in [0.1, 0.15) is 25.3 Å². The maximum atomic E-state index is 12.0. The molecule has 0 heterocycles. The van der Waals surface area contributed by atoms with Crippen LogP contribution < -0.4 is 0 Å². The standard InChI is InChI=1S/C15H20ClNOS/c1-11(13-5-6-13)17(2)15(18)10-19-9-12-3-7-14(16)8-4-12/h3-4,7-8,11,13H,5-6,9-10H2,1-2H3. The first-order chi connectivity index (χ1) is 9.08. The first-order valence-corrected chi connectivity index (χ1v) is 8.19. The van der Waals surface area contributed by atoms with Crippen molar-refractivity contribution in [3.8, 4) is 0 Å². The fourth-order valence-electron chi connectivity index (χ4n) is 2.06. The van der Waals surface area contributed by atoms with Crippen molar-refractivity contribution in [3.05, 3.63) is 34.9 Å². The van der Waals surface area contributed by atoms with E-state index in [2.05, 4.69) is 6.92 Å². The number of hydrogen-bond acceptors (Lipinski definition) is 2. The third kappa shape index (κ3) is 4.43. The van der Waals surface area contributed by atoms with Crippen LogP contribution in [-0.2, 0) is 10.5 Å². The number of halogens is 1. The van der Waals surface area contributed by atoms with Crippen molar-refractivity contribution in [1.82, 2.24) is 4.90 Å². The Morgan fingerprint density at radius 3 is 2.63 bits per heavy atom. The minimum absolute atomic E-state index is 0.235. The third-order valence-corrected chi connectivity index (χ3v) is 4.96. The second kappa shape index (κ2) is 6.67. The zero-order valence-corrected chi connectivity index (χ0v) is 13.0. The molecule has 1 aliphatic rings. The summed E-state index contributed by atoms with van der Waals surface area (Å²) in [5.41, 5.74) is 1.21. The summed E-state index contributed by atoms with van der Waals surface area (Å²) in [5, 5.41) is 0.753. The zero-order valence-electron chi connectivity index (χ0n) is 11.4. The fourth-order valence-corrected chi connectivity index (χ4v) is 3.10. The van der Waals surface area contributed by atoms with Crippen molar-refractivity contribution in [2.75, 3.05) is 12.8 Å². The molecule has 0 spiro atoms. The van der Waals surface area contributed by atoms with Gasteiger partial charge < -0.3 is 4.90 Å². The number of benzene rings is 1. The number of thioether (sulfide) groups is 1. The van der Waals surface area contributed by atoms with E-state index in [1.165, 1.54) is 18.4 Å². The Kier molecular flexibility index (Phi) is 5.17. The van der Waals surface area contributed by atoms with Crippen LogP contribution in [0.2, 0.25) is 5.02 Å². The molecule has 4 heteroatoms. The highest BCUT2D eigenvalue weighted by Gasteiger charge is 2.32. The quantitative estimate of drug-likeness (QED) is 0.795. The monoisotopic (exact) mass is 297 g/mol. The lowest BCUT2D eigenvalue weighted by molar-refractivity contribution is -0.129. The van der Waals surface area contributed by atoms with Gasteiger partial charge in [-0.05, 0) is 43.4 Å². The predicted octanol–water partition coefficient (Wildman–Crippen LogP) is 3.83. The highest BCUT2D eigenvalue weighted by atomic mass is 35.5. The molecule has 1 aromatic carbocycles. The summed E-state index contributed by atoms with van der Waals surface area (Å²) in [4.78, 5) is 14.0. The van der Waals surface area contributed by atoms with Crippen LogP contribution in [-0.4, -0.2) is 29.6 Å². The van der Waals surface area contributed by atoms with E-state index in [9.17, 15) is 4.79 Å². The summed E-state index contributed by atoms with van der Waals surface area (Å²) < 4.78 is 0. The van der Waals surface area contributed by atoms with Gasteiger partial charge in [0.15, 0.2) is 0 Å². The van der Waals surface area contributed by atoms with Crippen molar-refractivity contribution >= 4 is 29.3 Å². The summed E-state index contributed by atoms with van der Waals surface area (Å²) in [6.45, 7) is 2.15. The highest BCUT2D eigenvalue weighted by Crippen LogP contribution is 2.34. The van der Waals surface area contributed by atoms with Gasteiger partial charge in [-0.3, -0.25) is 4.79 Å². The molecule has 1 unspecified atom stereocenters. The Morgan fingerprint density at radius 2 is 2.05 bits per heavy atom. The summed E-state index contributed by atoms with van der Waals surface area (Å²) in [6.07, 6.45) is 2.55. The van der Waals surface area contributed by atoms with E-state index in [0.29, 0.717) is 11.8 Å². The molecule has 0 aliphatic heterocycles. The van der Waals surface area contributed by atoms with Gasteiger partial charge in [-0.15, -0.1) is 11.8 Å². The second-order valence-electron chi connectivity index (χ2n) is 5.20. The molecule has 1 atom stereocenters. The van der Waals surface area contributed by atoms with Gasteiger partial charge in [-0.2, -0.15) is 0 Å². The molecule has 2 nitrogen and oxygen atoms in total. The predicted molar refractivity (Wildman–Crippen MR) is 82.6 cm³/mol. The van der Waals surface area contributed by atoms with E-state index in [1.54, 1.807) is 11.8 Å². The molecular weight excluding hydrogens is 278 g/mol. The van der Waals surface area contributed by atoms with E-state index in [1.807, 2.05) is 36.2 Å². The zero-order chi connectivity index (χ0) is 13.8. The number of carbonyl (C=O) groups is 1. The van der Waals surface area contributed by atoms with E-state index < -0.39 is 0 Å². The minimum atomic E-state index is 0.235. The van der Waals surface area contributed by atoms with Gasteiger partial charge in [0.05, 0.1) is 5.75 Å². The minimum Gasteiger partial charge on any atom is -0.342 e. The number of rotatable bonds is 6. The van der Waals surface area contributed by atoms with Crippen LogP contribution >= 0.6 is 23.4 Å². The molecular formula is C15H20ClNOS. The highest BCUT2D eigenvalue weighted by molar-refractivity contribution is 7.99. The van der Waals surface area contributed by atoms with E-state index in [4.69, 9.17) is 11.6 Å². The molecule has 0 saturated heterocycles. The van der Waals surface area contributed by atoms with Crippen molar-refractivity contribution in [2.24, 2.45) is 5.92 Å². The first-order valence-electron chi connectivity index (χ1n) is 6.66. The van der Waals surface area contributed by atoms with Crippen molar-refractivity contribution in [1.29, 1.82) is 0 Å². The van der Waals surface area contributed by atoms with Crippen molar-refractivity contribution in [2.45, 2.75) is 31.6 Å². The molecule has 0 N–H and O–H groups in total. The molecule has 2 rings (SSSR count). The van der Waals surface area contributed by atoms with Gasteiger partial charge in [-0.1, -0.05) is 23.7 Å². The van der Waals surface area contributed by atoms with Crippen LogP contribution in [0.15, 0.2) is 24.3 Å². The third-order valence-electron chi connectivity index (χ3n) is 3.72. The summed E-state index contributed by atoms with van der Waals surface area (Å²) in [7, 11) is 1.92. The van der Waals surface area contributed by atoms with Gasteiger partial charge >= 0.3 is 0 Å². The van der Waals surface area contributed by atoms with Crippen LogP contribution in [0.4, 0.5) is 0 Å². The number of hydrogen-bond donors (Lipinski definition) is 0. The molecule has 104 valence electrons. The number of amides is 1. The average molecular weight is 298 g/mol. The molecule has 0 bridgehead atoms. The molecule has 1 aromatic rings. The van der Waals surface area contributed by atoms with E-state index >= 15 is 0 Å². The van der Waals surface area contributed by atoms with Crippen LogP contribution in [0.3, 0.4) is 0 Å². The lowest BCUT2D eigenvalue weighted by Gasteiger charge is -2.24. The Hall–Kier alpha value is -0.670. The molecule has 19 heavy (non-hydrogen) atoms. The lowest BCUT2D eigenvalue weighted by atomic mass is 10.2. The Morgan fingerprint density at radius 1 is 1.42 bits per heavy atom. The van der Waals surface area contributed by atoms with Crippen LogP contribution in [0.25, 0.3) is 0 Å². The SMILES string of the molecule is CC(C1CC1)N(C)C(=O)CSCc1ccc(Cl)cc1. The maximum Gasteiger partial charge on any atom is 0.232 e. The van der Waals surface area contributed by atoms with Crippen LogP contribution in [0, 0.1) is 5.92 Å². The van der Waals surface area contributed by atoms with E-state index in [0.717, 1.165) is 16.7 Å². The lowest BCUT2D eigenvalue weighted by Crippen LogP contribution is -2.37. The van der Waals surface area contributed by atoms with Crippen molar-refractivity contribution in [3.63, 3.8) is 0 Å². The molecule has 0 aromatic heterocycles. The van der Waals surface area contributed by atoms with Crippen LogP contribution in [0.5, 0.6) is 0 Å². The van der Waals surface area contributed by atoms with E-state index in [-0.39, 0.29) is 5.91 Å². The van der Waals surface area contributed by atoms with Gasteiger partial charge in [0, 0.05) is 23.9 Å². The summed E-state index contributed by atoms with van der Waals surface area (Å²) >= 11 is 7.50. The molecule has 0 radical (unpaired) electrons. The number of nitrogens with zero attached hydrogens (tertiary/aromatic N) is 1. The normalized spacial score (nSPS) is 16.2. The molecule has 1 amide bonds. The van der Waals surface area contributed by atoms with Crippen molar-refractivity contribution < 1.29 is 4.79 Å². The molecule has 1 aliphatic carbocycles. The average Bonchev–Trinajstić information content (AvgIpc) is 3.23. The Balaban J connectivity index is 1.72. The van der Waals surface area contributed by atoms with Gasteiger partial charge in [0.1, 0.15) is 0 Å². The molecule has 1 fully saturated rings. The smallest absolute Gasteiger partial charge is 0.232 e. The summed E-state index contributed by atoms with van der Waals surface area (Å²) in [6, 6.07) is 8.19. The number of carbonyl (C=O) groups excluding carboxylic acids is 1. The molecule has 1 saturated carbocycles. The second-order valence-corrected chi connectivity index (χ2v) is 6.62.